The Labute approximate surface area is 151 Å². The molecule has 0 spiro atoms. The molecule has 0 aliphatic heterocycles. The van der Waals surface area contributed by atoms with Gasteiger partial charge >= 0.3 is 0 Å². The third kappa shape index (κ3) is 4.33. The van der Waals surface area contributed by atoms with Gasteiger partial charge in [0.25, 0.3) is 5.91 Å². The number of nitrogens with zero attached hydrogens (tertiary/aromatic N) is 3. The molecule has 1 aromatic heterocycles. The van der Waals surface area contributed by atoms with E-state index in [0.717, 1.165) is 5.56 Å². The molecule has 5 nitrogen and oxygen atoms in total. The van der Waals surface area contributed by atoms with Crippen molar-refractivity contribution in [2.75, 3.05) is 17.3 Å². The first kappa shape index (κ1) is 16.9. The van der Waals surface area contributed by atoms with Crippen LogP contribution in [0.5, 0.6) is 0 Å². The first-order valence-corrected chi connectivity index (χ1v) is 8.14. The lowest BCUT2D eigenvalue weighted by molar-refractivity contribution is 0.102. The van der Waals surface area contributed by atoms with E-state index in [2.05, 4.69) is 15.3 Å². The number of halogens is 1. The highest BCUT2D eigenvalue weighted by Gasteiger charge is 2.11. The molecule has 2 aromatic carbocycles. The number of hydrogen-bond donors (Lipinski definition) is 1. The van der Waals surface area contributed by atoms with Crippen LogP contribution in [-0.2, 0) is 6.54 Å². The highest BCUT2D eigenvalue weighted by Crippen LogP contribution is 2.21. The molecule has 3 aromatic rings. The van der Waals surface area contributed by atoms with Gasteiger partial charge in [0.1, 0.15) is 0 Å². The minimum Gasteiger partial charge on any atom is -0.340 e. The fourth-order valence-electron chi connectivity index (χ4n) is 2.32. The average Bonchev–Trinajstić information content (AvgIpc) is 2.64. The molecule has 0 bridgehead atoms. The van der Waals surface area contributed by atoms with Crippen molar-refractivity contribution in [1.82, 2.24) is 9.97 Å². The zero-order chi connectivity index (χ0) is 17.6. The second-order valence-corrected chi connectivity index (χ2v) is 5.95. The fraction of sp³-hybridized carbons (Fsp3) is 0.105. The van der Waals surface area contributed by atoms with E-state index in [9.17, 15) is 4.79 Å². The van der Waals surface area contributed by atoms with Gasteiger partial charge in [0.15, 0.2) is 0 Å². The van der Waals surface area contributed by atoms with Crippen molar-refractivity contribution in [1.29, 1.82) is 0 Å². The van der Waals surface area contributed by atoms with Gasteiger partial charge in [0, 0.05) is 26.0 Å². The summed E-state index contributed by atoms with van der Waals surface area (Å²) in [6.07, 6.45) is 3.02. The van der Waals surface area contributed by atoms with Gasteiger partial charge in [-0.1, -0.05) is 54.1 Å². The standard InChI is InChI=1S/C19H17ClN4O/c1-24(13-14-7-3-2-4-8-14)19-21-11-15(12-22-19)18(25)23-17-10-6-5-9-16(17)20/h2-12H,13H2,1H3,(H,23,25). The van der Waals surface area contributed by atoms with Crippen molar-refractivity contribution in [3.8, 4) is 0 Å². The van der Waals surface area contributed by atoms with E-state index < -0.39 is 0 Å². The molecule has 0 fully saturated rings. The highest BCUT2D eigenvalue weighted by atomic mass is 35.5. The maximum atomic E-state index is 12.3. The number of hydrogen-bond acceptors (Lipinski definition) is 4. The Kier molecular flexibility index (Phi) is 5.26. The van der Waals surface area contributed by atoms with Gasteiger partial charge in [0.05, 0.1) is 16.3 Å². The van der Waals surface area contributed by atoms with Crippen LogP contribution in [0.2, 0.25) is 5.02 Å². The third-order valence-corrected chi connectivity index (χ3v) is 3.96. The molecule has 0 saturated heterocycles. The summed E-state index contributed by atoms with van der Waals surface area (Å²) < 4.78 is 0. The van der Waals surface area contributed by atoms with E-state index in [0.29, 0.717) is 28.8 Å². The molecular weight excluding hydrogens is 336 g/mol. The minimum absolute atomic E-state index is 0.301. The smallest absolute Gasteiger partial charge is 0.258 e. The van der Waals surface area contributed by atoms with Gasteiger partial charge in [0.2, 0.25) is 5.95 Å². The molecule has 1 heterocycles. The number of anilines is 2. The van der Waals surface area contributed by atoms with E-state index in [1.807, 2.05) is 42.3 Å². The number of rotatable bonds is 5. The molecule has 0 radical (unpaired) electrons. The van der Waals surface area contributed by atoms with E-state index in [1.54, 1.807) is 24.3 Å². The van der Waals surface area contributed by atoms with Crippen molar-refractivity contribution >= 4 is 29.1 Å². The summed E-state index contributed by atoms with van der Waals surface area (Å²) in [4.78, 5) is 22.8. The first-order chi connectivity index (χ1) is 12.1. The van der Waals surface area contributed by atoms with Gasteiger partial charge in [-0.05, 0) is 17.7 Å². The van der Waals surface area contributed by atoms with Crippen molar-refractivity contribution in [2.24, 2.45) is 0 Å². The van der Waals surface area contributed by atoms with E-state index >= 15 is 0 Å². The molecule has 1 amide bonds. The number of carbonyl (C=O) groups is 1. The summed E-state index contributed by atoms with van der Waals surface area (Å²) in [5, 5.41) is 3.23. The van der Waals surface area contributed by atoms with Crippen molar-refractivity contribution in [3.63, 3.8) is 0 Å². The van der Waals surface area contributed by atoms with Crippen LogP contribution in [0, 0.1) is 0 Å². The van der Waals surface area contributed by atoms with E-state index in [-0.39, 0.29) is 5.91 Å². The van der Waals surface area contributed by atoms with Gasteiger partial charge in [-0.3, -0.25) is 4.79 Å². The number of amides is 1. The molecule has 126 valence electrons. The summed E-state index contributed by atoms with van der Waals surface area (Å²) in [7, 11) is 1.91. The number of aromatic nitrogens is 2. The molecule has 6 heteroatoms. The molecule has 1 N–H and O–H groups in total. The fourth-order valence-corrected chi connectivity index (χ4v) is 2.50. The van der Waals surface area contributed by atoms with Crippen LogP contribution >= 0.6 is 11.6 Å². The van der Waals surface area contributed by atoms with Crippen LogP contribution in [0.25, 0.3) is 0 Å². The van der Waals surface area contributed by atoms with Crippen molar-refractivity contribution < 1.29 is 4.79 Å². The van der Waals surface area contributed by atoms with Crippen LogP contribution in [0.1, 0.15) is 15.9 Å². The predicted octanol–water partition coefficient (Wildman–Crippen LogP) is 4.02. The van der Waals surface area contributed by atoms with Gasteiger partial charge in [-0.15, -0.1) is 0 Å². The molecule has 3 rings (SSSR count). The molecule has 25 heavy (non-hydrogen) atoms. The van der Waals surface area contributed by atoms with Crippen molar-refractivity contribution in [3.05, 3.63) is 83.1 Å². The van der Waals surface area contributed by atoms with Crippen molar-refractivity contribution in [2.45, 2.75) is 6.54 Å². The Balaban J connectivity index is 1.67. The van der Waals surface area contributed by atoms with Gasteiger partial charge in [-0.25, -0.2) is 9.97 Å². The SMILES string of the molecule is CN(Cc1ccccc1)c1ncc(C(=O)Nc2ccccc2Cl)cn1. The maximum absolute atomic E-state index is 12.3. The quantitative estimate of drug-likeness (QED) is 0.753. The third-order valence-electron chi connectivity index (χ3n) is 3.63. The van der Waals surface area contributed by atoms with Crippen LogP contribution in [0.4, 0.5) is 11.6 Å². The first-order valence-electron chi connectivity index (χ1n) is 7.76. The lowest BCUT2D eigenvalue weighted by Gasteiger charge is -2.17. The van der Waals surface area contributed by atoms with E-state index in [4.69, 9.17) is 11.6 Å². The molecule has 0 aliphatic rings. The highest BCUT2D eigenvalue weighted by molar-refractivity contribution is 6.33. The Morgan fingerprint density at radius 2 is 1.68 bits per heavy atom. The molecular formula is C19H17ClN4O. The van der Waals surface area contributed by atoms with Crippen LogP contribution in [-0.4, -0.2) is 22.9 Å². The normalized spacial score (nSPS) is 10.3. The summed E-state index contributed by atoms with van der Waals surface area (Å²) >= 11 is 6.05. The Bertz CT molecular complexity index is 853. The van der Waals surface area contributed by atoms with Crippen LogP contribution < -0.4 is 10.2 Å². The van der Waals surface area contributed by atoms with Crippen LogP contribution in [0.3, 0.4) is 0 Å². The number of benzene rings is 2. The Hall–Kier alpha value is -2.92. The summed E-state index contributed by atoms with van der Waals surface area (Å²) in [6.45, 7) is 0.687. The molecule has 0 saturated carbocycles. The summed E-state index contributed by atoms with van der Waals surface area (Å²) in [5.74, 6) is 0.253. The van der Waals surface area contributed by atoms with E-state index in [1.165, 1.54) is 12.4 Å². The molecule has 0 unspecified atom stereocenters. The second-order valence-electron chi connectivity index (χ2n) is 5.55. The minimum atomic E-state index is -0.301. The van der Waals surface area contributed by atoms with Gasteiger partial charge in [-0.2, -0.15) is 0 Å². The number of para-hydroxylation sites is 1. The number of carbonyl (C=O) groups excluding carboxylic acids is 1. The van der Waals surface area contributed by atoms with Gasteiger partial charge < -0.3 is 10.2 Å². The Morgan fingerprint density at radius 3 is 2.36 bits per heavy atom. The summed E-state index contributed by atoms with van der Waals surface area (Å²) in [6, 6.07) is 17.1. The monoisotopic (exact) mass is 352 g/mol. The second kappa shape index (κ2) is 7.77. The summed E-state index contributed by atoms with van der Waals surface area (Å²) in [5.41, 5.74) is 2.09. The Morgan fingerprint density at radius 1 is 1.04 bits per heavy atom. The average molecular weight is 353 g/mol. The largest absolute Gasteiger partial charge is 0.340 e. The molecule has 0 atom stereocenters. The predicted molar refractivity (Wildman–Crippen MR) is 100.0 cm³/mol. The lowest BCUT2D eigenvalue weighted by Crippen LogP contribution is -2.20. The zero-order valence-corrected chi connectivity index (χ0v) is 14.4. The lowest BCUT2D eigenvalue weighted by atomic mass is 10.2. The topological polar surface area (TPSA) is 58.1 Å². The molecule has 0 aliphatic carbocycles. The zero-order valence-electron chi connectivity index (χ0n) is 13.7. The number of nitrogens with one attached hydrogen (secondary N) is 1. The van der Waals surface area contributed by atoms with Crippen LogP contribution in [0.15, 0.2) is 67.0 Å². The maximum Gasteiger partial charge on any atom is 0.258 e.